The molecule has 2 aliphatic rings. The Labute approximate surface area is 126 Å². The van der Waals surface area contributed by atoms with Crippen LogP contribution in [-0.4, -0.2) is 18.0 Å². The average Bonchev–Trinajstić information content (AvgIpc) is 2.56. The summed E-state index contributed by atoms with van der Waals surface area (Å²) in [6.07, 6.45) is 9.70. The summed E-state index contributed by atoms with van der Waals surface area (Å²) in [6.45, 7) is 2.19. The molecular weight excluding hydrogens is 264 g/mol. The maximum atomic E-state index is 10.7. The van der Waals surface area contributed by atoms with Gasteiger partial charge in [-0.1, -0.05) is 32.1 Å². The van der Waals surface area contributed by atoms with Gasteiger partial charge in [0.2, 0.25) is 0 Å². The van der Waals surface area contributed by atoms with Gasteiger partial charge in [-0.2, -0.15) is 0 Å². The van der Waals surface area contributed by atoms with E-state index >= 15 is 0 Å². The van der Waals surface area contributed by atoms with Gasteiger partial charge in [0, 0.05) is 30.9 Å². The van der Waals surface area contributed by atoms with E-state index in [0.29, 0.717) is 0 Å². The molecule has 2 fully saturated rings. The number of piperidine rings is 1. The molecule has 4 nitrogen and oxygen atoms in total. The summed E-state index contributed by atoms with van der Waals surface area (Å²) in [5.74, 6) is 1.86. The molecule has 0 unspecified atom stereocenters. The standard InChI is InChI=1S/C17H24N2O2/c20-19(21)17-8-6-16(7-9-17)18-12-10-15(11-13-18)14-4-2-1-3-5-14/h6-9,14-15H,1-5,10-13H2. The van der Waals surface area contributed by atoms with Crippen LogP contribution in [0.3, 0.4) is 0 Å². The lowest BCUT2D eigenvalue weighted by Crippen LogP contribution is -2.36. The molecule has 0 radical (unpaired) electrons. The van der Waals surface area contributed by atoms with Gasteiger partial charge >= 0.3 is 0 Å². The molecule has 0 atom stereocenters. The van der Waals surface area contributed by atoms with Crippen LogP contribution in [0, 0.1) is 22.0 Å². The van der Waals surface area contributed by atoms with Crippen LogP contribution in [-0.2, 0) is 0 Å². The zero-order valence-electron chi connectivity index (χ0n) is 12.5. The number of nitrogens with zero attached hydrogens (tertiary/aromatic N) is 2. The fourth-order valence-electron chi connectivity index (χ4n) is 4.02. The van der Waals surface area contributed by atoms with Gasteiger partial charge in [0.05, 0.1) is 4.92 Å². The van der Waals surface area contributed by atoms with E-state index in [1.807, 2.05) is 12.1 Å². The van der Waals surface area contributed by atoms with Gasteiger partial charge < -0.3 is 4.90 Å². The molecule has 0 bridgehead atoms. The number of rotatable bonds is 3. The number of benzene rings is 1. The third-order valence-electron chi connectivity index (χ3n) is 5.28. The van der Waals surface area contributed by atoms with E-state index in [1.54, 1.807) is 12.1 Å². The molecule has 21 heavy (non-hydrogen) atoms. The van der Waals surface area contributed by atoms with E-state index in [9.17, 15) is 10.1 Å². The Hall–Kier alpha value is -1.58. The lowest BCUT2D eigenvalue weighted by atomic mass is 9.76. The summed E-state index contributed by atoms with van der Waals surface area (Å²) in [5.41, 5.74) is 1.30. The SMILES string of the molecule is O=[N+]([O-])c1ccc(N2CCC(C3CCCCC3)CC2)cc1. The van der Waals surface area contributed by atoms with Gasteiger partial charge in [-0.15, -0.1) is 0 Å². The zero-order chi connectivity index (χ0) is 14.7. The Morgan fingerprint density at radius 2 is 1.48 bits per heavy atom. The monoisotopic (exact) mass is 288 g/mol. The van der Waals surface area contributed by atoms with E-state index in [1.165, 1.54) is 44.9 Å². The quantitative estimate of drug-likeness (QED) is 0.612. The number of anilines is 1. The molecule has 3 rings (SSSR count). The Morgan fingerprint density at radius 1 is 0.905 bits per heavy atom. The van der Waals surface area contributed by atoms with Crippen LogP contribution in [0.4, 0.5) is 11.4 Å². The van der Waals surface area contributed by atoms with Crippen molar-refractivity contribution in [3.05, 3.63) is 34.4 Å². The van der Waals surface area contributed by atoms with Crippen LogP contribution in [0.5, 0.6) is 0 Å². The van der Waals surface area contributed by atoms with Crippen LogP contribution in [0.2, 0.25) is 0 Å². The number of hydrogen-bond acceptors (Lipinski definition) is 3. The van der Waals surface area contributed by atoms with Crippen LogP contribution >= 0.6 is 0 Å². The highest BCUT2D eigenvalue weighted by Crippen LogP contribution is 2.36. The first-order valence-corrected chi connectivity index (χ1v) is 8.23. The summed E-state index contributed by atoms with van der Waals surface area (Å²) < 4.78 is 0. The van der Waals surface area contributed by atoms with E-state index < -0.39 is 0 Å². The molecule has 114 valence electrons. The predicted octanol–water partition coefficient (Wildman–Crippen LogP) is 4.39. The van der Waals surface area contributed by atoms with Crippen LogP contribution in [0.15, 0.2) is 24.3 Å². The minimum absolute atomic E-state index is 0.177. The highest BCUT2D eigenvalue weighted by atomic mass is 16.6. The van der Waals surface area contributed by atoms with Crippen LogP contribution in [0.1, 0.15) is 44.9 Å². The first-order chi connectivity index (χ1) is 10.2. The van der Waals surface area contributed by atoms with E-state index in [0.717, 1.165) is 30.6 Å². The third kappa shape index (κ3) is 3.36. The second-order valence-corrected chi connectivity index (χ2v) is 6.50. The summed E-state index contributed by atoms with van der Waals surface area (Å²) in [6, 6.07) is 7.00. The van der Waals surface area contributed by atoms with E-state index in [-0.39, 0.29) is 10.6 Å². The minimum Gasteiger partial charge on any atom is -0.372 e. The van der Waals surface area contributed by atoms with Crippen molar-refractivity contribution in [1.82, 2.24) is 0 Å². The topological polar surface area (TPSA) is 46.4 Å². The Bertz CT molecular complexity index is 472. The van der Waals surface area contributed by atoms with Crippen molar-refractivity contribution in [1.29, 1.82) is 0 Å². The fourth-order valence-corrected chi connectivity index (χ4v) is 4.02. The van der Waals surface area contributed by atoms with Gasteiger partial charge in [0.15, 0.2) is 0 Å². The average molecular weight is 288 g/mol. The van der Waals surface area contributed by atoms with Gasteiger partial charge in [-0.05, 0) is 36.8 Å². The Balaban J connectivity index is 1.56. The fraction of sp³-hybridized carbons (Fsp3) is 0.647. The van der Waals surface area contributed by atoms with Gasteiger partial charge in [-0.25, -0.2) is 0 Å². The largest absolute Gasteiger partial charge is 0.372 e. The molecule has 1 aromatic rings. The highest BCUT2D eigenvalue weighted by molar-refractivity contribution is 5.51. The first kappa shape index (κ1) is 14.4. The number of nitro groups is 1. The molecule has 1 saturated heterocycles. The molecule has 1 heterocycles. The Kier molecular flexibility index (Phi) is 4.42. The zero-order valence-corrected chi connectivity index (χ0v) is 12.5. The molecule has 0 aromatic heterocycles. The van der Waals surface area contributed by atoms with Crippen molar-refractivity contribution < 1.29 is 4.92 Å². The van der Waals surface area contributed by atoms with Crippen LogP contribution in [0.25, 0.3) is 0 Å². The van der Waals surface area contributed by atoms with E-state index in [4.69, 9.17) is 0 Å². The van der Waals surface area contributed by atoms with Crippen molar-refractivity contribution >= 4 is 11.4 Å². The summed E-state index contributed by atoms with van der Waals surface area (Å²) >= 11 is 0. The molecule has 1 saturated carbocycles. The van der Waals surface area contributed by atoms with Crippen molar-refractivity contribution in [2.45, 2.75) is 44.9 Å². The van der Waals surface area contributed by atoms with Gasteiger partial charge in [0.1, 0.15) is 0 Å². The van der Waals surface area contributed by atoms with E-state index in [2.05, 4.69) is 4.90 Å². The third-order valence-corrected chi connectivity index (χ3v) is 5.28. The van der Waals surface area contributed by atoms with Crippen molar-refractivity contribution in [2.75, 3.05) is 18.0 Å². The molecule has 0 amide bonds. The molecule has 0 spiro atoms. The molecular formula is C17H24N2O2. The number of nitro benzene ring substituents is 1. The van der Waals surface area contributed by atoms with Crippen molar-refractivity contribution in [3.63, 3.8) is 0 Å². The summed E-state index contributed by atoms with van der Waals surface area (Å²) in [5, 5.41) is 10.7. The van der Waals surface area contributed by atoms with Crippen molar-refractivity contribution in [3.8, 4) is 0 Å². The normalized spacial score (nSPS) is 21.4. The lowest BCUT2D eigenvalue weighted by molar-refractivity contribution is -0.384. The molecule has 1 aliphatic carbocycles. The van der Waals surface area contributed by atoms with Gasteiger partial charge in [-0.3, -0.25) is 10.1 Å². The van der Waals surface area contributed by atoms with Gasteiger partial charge in [0.25, 0.3) is 5.69 Å². The Morgan fingerprint density at radius 3 is 2.05 bits per heavy atom. The first-order valence-electron chi connectivity index (χ1n) is 8.23. The predicted molar refractivity (Wildman–Crippen MR) is 84.6 cm³/mol. The van der Waals surface area contributed by atoms with Crippen molar-refractivity contribution in [2.24, 2.45) is 11.8 Å². The second-order valence-electron chi connectivity index (χ2n) is 6.50. The second kappa shape index (κ2) is 6.46. The molecule has 4 heteroatoms. The molecule has 1 aromatic carbocycles. The maximum absolute atomic E-state index is 10.7. The summed E-state index contributed by atoms with van der Waals surface area (Å²) in [7, 11) is 0. The number of non-ortho nitro benzene ring substituents is 1. The smallest absolute Gasteiger partial charge is 0.269 e. The highest BCUT2D eigenvalue weighted by Gasteiger charge is 2.27. The lowest BCUT2D eigenvalue weighted by Gasteiger charge is -2.38. The number of hydrogen-bond donors (Lipinski definition) is 0. The van der Waals surface area contributed by atoms with Crippen LogP contribution < -0.4 is 4.90 Å². The maximum Gasteiger partial charge on any atom is 0.269 e. The molecule has 0 N–H and O–H groups in total. The molecule has 1 aliphatic heterocycles. The minimum atomic E-state index is -0.334. The summed E-state index contributed by atoms with van der Waals surface area (Å²) in [4.78, 5) is 12.7.